The van der Waals surface area contributed by atoms with Gasteiger partial charge in [0.1, 0.15) is 5.82 Å². The average Bonchev–Trinajstić information content (AvgIpc) is 2.47. The Morgan fingerprint density at radius 2 is 1.80 bits per heavy atom. The van der Waals surface area contributed by atoms with Gasteiger partial charge in [0.05, 0.1) is 0 Å². The summed E-state index contributed by atoms with van der Waals surface area (Å²) in [6.07, 6.45) is 0. The lowest BCUT2D eigenvalue weighted by Crippen LogP contribution is -1.89. The lowest BCUT2D eigenvalue weighted by Gasteiger charge is -2.09. The molecule has 3 heteroatoms. The van der Waals surface area contributed by atoms with Gasteiger partial charge in [-0.25, -0.2) is 4.39 Å². The normalized spacial score (nSPS) is 9.90. The molecule has 0 aromatic heterocycles. The van der Waals surface area contributed by atoms with Crippen LogP contribution in [0.1, 0.15) is 26.3 Å². The lowest BCUT2D eigenvalue weighted by molar-refractivity contribution is 0.622. The van der Waals surface area contributed by atoms with Crippen molar-refractivity contribution < 1.29 is 4.39 Å². The molecule has 0 N–H and O–H groups in total. The first-order valence-electron chi connectivity index (χ1n) is 6.81. The van der Waals surface area contributed by atoms with E-state index in [1.807, 2.05) is 38.1 Å². The number of hydrogen-bond donors (Lipinski definition) is 0. The fraction of sp³-hybridized carbons (Fsp3) is 0.294. The van der Waals surface area contributed by atoms with Crippen molar-refractivity contribution in [1.29, 1.82) is 0 Å². The molecular weight excluding hydrogens is 291 g/mol. The molecule has 20 heavy (non-hydrogen) atoms. The maximum atomic E-state index is 14.1. The van der Waals surface area contributed by atoms with Crippen molar-refractivity contribution in [3.05, 3.63) is 52.8 Å². The predicted molar refractivity (Wildman–Crippen MR) is 89.3 cm³/mol. The van der Waals surface area contributed by atoms with E-state index in [1.54, 1.807) is 30.8 Å². The number of rotatable bonds is 3. The molecule has 0 heterocycles. The van der Waals surface area contributed by atoms with Crippen LogP contribution in [0.2, 0.25) is 5.02 Å². The van der Waals surface area contributed by atoms with Gasteiger partial charge in [-0.05, 0) is 36.4 Å². The zero-order chi connectivity index (χ0) is 15.1. The Hall–Kier alpha value is -0.990. The van der Waals surface area contributed by atoms with Crippen molar-refractivity contribution in [3.63, 3.8) is 0 Å². The predicted octanol–water partition coefficient (Wildman–Crippen LogP) is 6.59. The van der Waals surface area contributed by atoms with Gasteiger partial charge in [-0.1, -0.05) is 50.6 Å². The third-order valence-electron chi connectivity index (χ3n) is 2.73. The first-order chi connectivity index (χ1) is 9.63. The SMILES string of the molecule is CC.CCSc1ccc(Cl)c(-c2cccc(C)c2F)c1. The second-order valence-corrected chi connectivity index (χ2v) is 5.76. The summed E-state index contributed by atoms with van der Waals surface area (Å²) in [5.41, 5.74) is 1.96. The number of hydrogen-bond acceptors (Lipinski definition) is 1. The summed E-state index contributed by atoms with van der Waals surface area (Å²) < 4.78 is 14.1. The third kappa shape index (κ3) is 4.00. The van der Waals surface area contributed by atoms with Crippen molar-refractivity contribution >= 4 is 23.4 Å². The van der Waals surface area contributed by atoms with E-state index in [0.717, 1.165) is 16.2 Å². The van der Waals surface area contributed by atoms with E-state index in [-0.39, 0.29) is 5.82 Å². The van der Waals surface area contributed by atoms with Crippen molar-refractivity contribution in [2.75, 3.05) is 5.75 Å². The molecule has 2 aromatic rings. The Kier molecular flexibility index (Phi) is 7.11. The van der Waals surface area contributed by atoms with Gasteiger partial charge in [-0.15, -0.1) is 11.8 Å². The fourth-order valence-corrected chi connectivity index (χ4v) is 2.74. The second kappa shape index (κ2) is 8.33. The van der Waals surface area contributed by atoms with Gasteiger partial charge in [0.15, 0.2) is 0 Å². The van der Waals surface area contributed by atoms with E-state index in [2.05, 4.69) is 6.92 Å². The van der Waals surface area contributed by atoms with E-state index in [9.17, 15) is 4.39 Å². The maximum absolute atomic E-state index is 14.1. The van der Waals surface area contributed by atoms with E-state index in [1.165, 1.54) is 0 Å². The van der Waals surface area contributed by atoms with E-state index in [0.29, 0.717) is 16.1 Å². The summed E-state index contributed by atoms with van der Waals surface area (Å²) in [6.45, 7) is 7.85. The maximum Gasteiger partial charge on any atom is 0.133 e. The minimum atomic E-state index is -0.196. The largest absolute Gasteiger partial charge is 0.206 e. The number of aryl methyl sites for hydroxylation is 1. The molecule has 0 aliphatic heterocycles. The standard InChI is InChI=1S/C15H14ClFS.C2H6/c1-3-18-11-7-8-14(16)13(9-11)12-6-4-5-10(2)15(12)17;1-2/h4-9H,3H2,1-2H3;1-2H3. The van der Waals surface area contributed by atoms with Crippen molar-refractivity contribution in [2.24, 2.45) is 0 Å². The summed E-state index contributed by atoms with van der Waals surface area (Å²) in [5.74, 6) is 0.787. The summed E-state index contributed by atoms with van der Waals surface area (Å²) in [7, 11) is 0. The molecule has 0 amide bonds. The molecule has 108 valence electrons. The Labute approximate surface area is 130 Å². The van der Waals surface area contributed by atoms with Crippen molar-refractivity contribution in [2.45, 2.75) is 32.6 Å². The van der Waals surface area contributed by atoms with Gasteiger partial charge >= 0.3 is 0 Å². The quantitative estimate of drug-likeness (QED) is 0.576. The highest BCUT2D eigenvalue weighted by atomic mass is 35.5. The second-order valence-electron chi connectivity index (χ2n) is 4.01. The Morgan fingerprint density at radius 1 is 1.10 bits per heavy atom. The number of benzene rings is 2. The first-order valence-corrected chi connectivity index (χ1v) is 8.17. The molecule has 0 unspecified atom stereocenters. The average molecular weight is 311 g/mol. The molecule has 0 bridgehead atoms. The highest BCUT2D eigenvalue weighted by molar-refractivity contribution is 7.99. The molecule has 0 fully saturated rings. The van der Waals surface area contributed by atoms with E-state index in [4.69, 9.17) is 11.6 Å². The van der Waals surface area contributed by atoms with Crippen molar-refractivity contribution in [3.8, 4) is 11.1 Å². The van der Waals surface area contributed by atoms with Crippen LogP contribution in [0, 0.1) is 12.7 Å². The number of halogens is 2. The molecule has 0 saturated heterocycles. The molecule has 0 spiro atoms. The third-order valence-corrected chi connectivity index (χ3v) is 3.94. The minimum Gasteiger partial charge on any atom is -0.206 e. The first kappa shape index (κ1) is 17.1. The Bertz CT molecular complexity index is 567. The van der Waals surface area contributed by atoms with Gasteiger partial charge in [-0.3, -0.25) is 0 Å². The minimum absolute atomic E-state index is 0.196. The van der Waals surface area contributed by atoms with Gasteiger partial charge < -0.3 is 0 Å². The summed E-state index contributed by atoms with van der Waals surface area (Å²) in [6, 6.07) is 11.1. The van der Waals surface area contributed by atoms with Crippen LogP contribution in [-0.2, 0) is 0 Å². The summed E-state index contributed by atoms with van der Waals surface area (Å²) in [5, 5.41) is 0.583. The molecule has 0 aliphatic carbocycles. The zero-order valence-electron chi connectivity index (χ0n) is 12.3. The summed E-state index contributed by atoms with van der Waals surface area (Å²) in [4.78, 5) is 1.11. The molecule has 0 atom stereocenters. The lowest BCUT2D eigenvalue weighted by atomic mass is 10.0. The molecule has 0 saturated carbocycles. The van der Waals surface area contributed by atoms with E-state index >= 15 is 0 Å². The molecule has 0 aliphatic rings. The van der Waals surface area contributed by atoms with Gasteiger partial charge in [0.2, 0.25) is 0 Å². The van der Waals surface area contributed by atoms with Crippen LogP contribution in [0.5, 0.6) is 0 Å². The summed E-state index contributed by atoms with van der Waals surface area (Å²) >= 11 is 7.90. The topological polar surface area (TPSA) is 0 Å². The highest BCUT2D eigenvalue weighted by Crippen LogP contribution is 2.34. The fourth-order valence-electron chi connectivity index (χ4n) is 1.82. The van der Waals surface area contributed by atoms with Gasteiger partial charge in [-0.2, -0.15) is 0 Å². The van der Waals surface area contributed by atoms with Crippen LogP contribution >= 0.6 is 23.4 Å². The molecule has 2 aromatic carbocycles. The zero-order valence-corrected chi connectivity index (χ0v) is 13.9. The van der Waals surface area contributed by atoms with E-state index < -0.39 is 0 Å². The van der Waals surface area contributed by atoms with Gasteiger partial charge in [0, 0.05) is 21.0 Å². The van der Waals surface area contributed by atoms with Crippen LogP contribution < -0.4 is 0 Å². The Balaban J connectivity index is 0.000000956. The smallest absolute Gasteiger partial charge is 0.133 e. The highest BCUT2D eigenvalue weighted by Gasteiger charge is 2.11. The molecular formula is C17H20ClFS. The van der Waals surface area contributed by atoms with Crippen LogP contribution in [0.4, 0.5) is 4.39 Å². The van der Waals surface area contributed by atoms with Crippen LogP contribution in [-0.4, -0.2) is 5.75 Å². The van der Waals surface area contributed by atoms with Gasteiger partial charge in [0.25, 0.3) is 0 Å². The Morgan fingerprint density at radius 3 is 2.45 bits per heavy atom. The molecule has 2 rings (SSSR count). The monoisotopic (exact) mass is 310 g/mol. The molecule has 0 radical (unpaired) electrons. The molecule has 0 nitrogen and oxygen atoms in total. The van der Waals surface area contributed by atoms with Crippen LogP contribution in [0.3, 0.4) is 0 Å². The van der Waals surface area contributed by atoms with Crippen LogP contribution in [0.25, 0.3) is 11.1 Å². The van der Waals surface area contributed by atoms with Crippen molar-refractivity contribution in [1.82, 2.24) is 0 Å². The van der Waals surface area contributed by atoms with Crippen LogP contribution in [0.15, 0.2) is 41.3 Å². The number of thioether (sulfide) groups is 1.